The highest BCUT2D eigenvalue weighted by molar-refractivity contribution is 5.77. The Hall–Kier alpha value is -2.18. The molecule has 0 aliphatic rings. The first kappa shape index (κ1) is 52.8. The van der Waals surface area contributed by atoms with Crippen molar-refractivity contribution in [2.75, 3.05) is 6.61 Å². The predicted molar refractivity (Wildman–Crippen MR) is 236 cm³/mol. The van der Waals surface area contributed by atoms with E-state index >= 15 is 0 Å². The lowest BCUT2D eigenvalue weighted by atomic mass is 10.0. The maximum atomic E-state index is 13.1. The van der Waals surface area contributed by atoms with Crippen molar-refractivity contribution in [2.24, 2.45) is 0 Å². The van der Waals surface area contributed by atoms with E-state index in [2.05, 4.69) is 38.2 Å². The molecule has 0 heterocycles. The molecule has 0 spiro atoms. The molecule has 0 aromatic heterocycles. The lowest BCUT2D eigenvalue weighted by Crippen LogP contribution is -2.46. The van der Waals surface area contributed by atoms with Gasteiger partial charge >= 0.3 is 5.97 Å². The number of carbonyl (C=O) groups excluding carboxylic acids is 2. The zero-order chi connectivity index (χ0) is 40.3. The number of unbranched alkanes of at least 4 members (excludes halogenated alkanes) is 24. The predicted octanol–water partition coefficient (Wildman–Crippen LogP) is 13.5. The Labute approximate surface area is 340 Å². The summed E-state index contributed by atoms with van der Waals surface area (Å²) in [6, 6.07) is -0.719. The van der Waals surface area contributed by atoms with Gasteiger partial charge in [-0.2, -0.15) is 0 Å². The van der Waals surface area contributed by atoms with Crippen LogP contribution in [0, 0.1) is 0 Å². The molecule has 0 aliphatic heterocycles. The van der Waals surface area contributed by atoms with Crippen molar-refractivity contribution >= 4 is 11.9 Å². The number of aliphatic hydroxyl groups excluding tert-OH is 2. The highest BCUT2D eigenvalue weighted by Crippen LogP contribution is 2.17. The number of hydrogen-bond acceptors (Lipinski definition) is 5. The molecular formula is C49H89NO5. The number of nitrogens with one attached hydrogen (secondary N) is 1. The van der Waals surface area contributed by atoms with Gasteiger partial charge in [-0.25, -0.2) is 0 Å². The molecule has 3 unspecified atom stereocenters. The van der Waals surface area contributed by atoms with Crippen molar-refractivity contribution in [3.8, 4) is 0 Å². The molecule has 6 nitrogen and oxygen atoms in total. The molecule has 0 bridgehead atoms. The summed E-state index contributed by atoms with van der Waals surface area (Å²) in [5.41, 5.74) is 0. The number of esters is 1. The van der Waals surface area contributed by atoms with E-state index in [1.165, 1.54) is 122 Å². The summed E-state index contributed by atoms with van der Waals surface area (Å²) in [7, 11) is 0. The van der Waals surface area contributed by atoms with E-state index in [4.69, 9.17) is 4.74 Å². The molecule has 0 fully saturated rings. The summed E-state index contributed by atoms with van der Waals surface area (Å²) < 4.78 is 5.87. The summed E-state index contributed by atoms with van der Waals surface area (Å²) >= 11 is 0. The monoisotopic (exact) mass is 772 g/mol. The summed E-state index contributed by atoms with van der Waals surface area (Å²) in [5, 5.41) is 23.6. The average Bonchev–Trinajstić information content (AvgIpc) is 3.18. The second kappa shape index (κ2) is 43.0. The van der Waals surface area contributed by atoms with Crippen molar-refractivity contribution in [3.63, 3.8) is 0 Å². The lowest BCUT2D eigenvalue weighted by Gasteiger charge is -2.24. The Balaban J connectivity index is 4.63. The van der Waals surface area contributed by atoms with Crippen molar-refractivity contribution in [3.05, 3.63) is 48.6 Å². The van der Waals surface area contributed by atoms with E-state index in [0.29, 0.717) is 19.3 Å². The molecule has 3 N–H and O–H groups in total. The van der Waals surface area contributed by atoms with Gasteiger partial charge in [-0.3, -0.25) is 9.59 Å². The van der Waals surface area contributed by atoms with E-state index < -0.39 is 18.2 Å². The second-order valence-electron chi connectivity index (χ2n) is 15.9. The fraction of sp³-hybridized carbons (Fsp3) is 0.796. The molecule has 1 amide bonds. The molecule has 0 radical (unpaired) electrons. The first-order valence-corrected chi connectivity index (χ1v) is 23.4. The van der Waals surface area contributed by atoms with E-state index in [1.54, 1.807) is 0 Å². The molecule has 320 valence electrons. The van der Waals surface area contributed by atoms with Crippen LogP contribution in [0.25, 0.3) is 0 Å². The third-order valence-corrected chi connectivity index (χ3v) is 10.5. The number of ether oxygens (including phenoxy) is 1. The quantitative estimate of drug-likeness (QED) is 0.0327. The molecule has 0 saturated carbocycles. The van der Waals surface area contributed by atoms with Gasteiger partial charge in [-0.1, -0.05) is 223 Å². The topological polar surface area (TPSA) is 95.9 Å². The highest BCUT2D eigenvalue weighted by Gasteiger charge is 2.24. The molecule has 0 saturated heterocycles. The maximum Gasteiger partial charge on any atom is 0.306 e. The van der Waals surface area contributed by atoms with Crippen LogP contribution in [0.5, 0.6) is 0 Å². The molecule has 0 rings (SSSR count). The van der Waals surface area contributed by atoms with Gasteiger partial charge in [0.1, 0.15) is 6.10 Å². The number of hydrogen-bond donors (Lipinski definition) is 3. The number of allylic oxidation sites excluding steroid dienone is 8. The number of rotatable bonds is 41. The average molecular weight is 772 g/mol. The van der Waals surface area contributed by atoms with E-state index in [9.17, 15) is 19.8 Å². The summed E-state index contributed by atoms with van der Waals surface area (Å²) in [6.45, 7) is 6.31. The van der Waals surface area contributed by atoms with Crippen LogP contribution in [-0.2, 0) is 14.3 Å². The van der Waals surface area contributed by atoms with Gasteiger partial charge in [0.05, 0.1) is 25.2 Å². The Morgan fingerprint density at radius 2 is 0.982 bits per heavy atom. The van der Waals surface area contributed by atoms with Gasteiger partial charge in [0.2, 0.25) is 5.91 Å². The molecule has 0 aromatic rings. The van der Waals surface area contributed by atoms with Crippen LogP contribution in [0.3, 0.4) is 0 Å². The SMILES string of the molecule is CC/C=C/C=C/C=C\C=C/CCCC(CC(=O)NC(CO)C(O)CCCCCCCCCCCCCC)OC(=O)CCCCCCCCCCCCCCC. The zero-order valence-electron chi connectivity index (χ0n) is 36.3. The van der Waals surface area contributed by atoms with Gasteiger partial charge in [0, 0.05) is 6.42 Å². The smallest absolute Gasteiger partial charge is 0.306 e. The summed E-state index contributed by atoms with van der Waals surface area (Å²) in [6.07, 6.45) is 50.3. The number of carbonyl (C=O) groups is 2. The minimum absolute atomic E-state index is 0.0336. The molecule has 6 heteroatoms. The van der Waals surface area contributed by atoms with Gasteiger partial charge in [-0.05, 0) is 38.5 Å². The number of amides is 1. The Morgan fingerprint density at radius 3 is 1.45 bits per heavy atom. The van der Waals surface area contributed by atoms with Gasteiger partial charge in [-0.15, -0.1) is 0 Å². The highest BCUT2D eigenvalue weighted by atomic mass is 16.5. The standard InChI is InChI=1S/C49H89NO5/c1-4-7-10-13-16-19-22-24-27-30-33-36-39-42-49(54)55-45(40-37-34-31-28-25-21-18-15-12-9-6-3)43-48(53)50-46(44-51)47(52)41-38-35-32-29-26-23-20-17-14-11-8-5-2/h9,12,15,18,21,25,28,31,45-47,51-52H,4-8,10-11,13-14,16-17,19-20,22-24,26-27,29-30,32-44H2,1-3H3,(H,50,53)/b12-9+,18-15+,25-21-,31-28-. The first-order chi connectivity index (χ1) is 27.0. The molecular weight excluding hydrogens is 683 g/mol. The Kier molecular flexibility index (Phi) is 41.2. The van der Waals surface area contributed by atoms with Gasteiger partial charge < -0.3 is 20.3 Å². The van der Waals surface area contributed by atoms with Crippen molar-refractivity contribution < 1.29 is 24.5 Å². The van der Waals surface area contributed by atoms with Crippen LogP contribution in [0.4, 0.5) is 0 Å². The maximum absolute atomic E-state index is 13.1. The summed E-state index contributed by atoms with van der Waals surface area (Å²) in [5.74, 6) is -0.539. The molecule has 55 heavy (non-hydrogen) atoms. The normalized spacial score (nSPS) is 13.8. The van der Waals surface area contributed by atoms with E-state index in [-0.39, 0.29) is 24.9 Å². The second-order valence-corrected chi connectivity index (χ2v) is 15.9. The molecule has 3 atom stereocenters. The van der Waals surface area contributed by atoms with Crippen molar-refractivity contribution in [2.45, 2.75) is 244 Å². The zero-order valence-corrected chi connectivity index (χ0v) is 36.3. The van der Waals surface area contributed by atoms with E-state index in [1.807, 2.05) is 36.5 Å². The third-order valence-electron chi connectivity index (χ3n) is 10.5. The van der Waals surface area contributed by atoms with Crippen LogP contribution in [0.1, 0.15) is 226 Å². The fourth-order valence-corrected chi connectivity index (χ4v) is 6.98. The minimum atomic E-state index is -0.802. The Morgan fingerprint density at radius 1 is 0.545 bits per heavy atom. The fourth-order valence-electron chi connectivity index (χ4n) is 6.98. The van der Waals surface area contributed by atoms with Crippen LogP contribution in [0.15, 0.2) is 48.6 Å². The molecule has 0 aromatic carbocycles. The van der Waals surface area contributed by atoms with Gasteiger partial charge in [0.15, 0.2) is 0 Å². The van der Waals surface area contributed by atoms with Crippen LogP contribution in [-0.4, -0.2) is 46.9 Å². The third kappa shape index (κ3) is 38.5. The summed E-state index contributed by atoms with van der Waals surface area (Å²) in [4.78, 5) is 26.0. The largest absolute Gasteiger partial charge is 0.462 e. The lowest BCUT2D eigenvalue weighted by molar-refractivity contribution is -0.151. The van der Waals surface area contributed by atoms with Crippen LogP contribution >= 0.6 is 0 Å². The molecule has 0 aliphatic carbocycles. The van der Waals surface area contributed by atoms with Crippen molar-refractivity contribution in [1.29, 1.82) is 0 Å². The Bertz CT molecular complexity index is 957. The minimum Gasteiger partial charge on any atom is -0.462 e. The van der Waals surface area contributed by atoms with Crippen molar-refractivity contribution in [1.82, 2.24) is 5.32 Å². The van der Waals surface area contributed by atoms with E-state index in [0.717, 1.165) is 57.8 Å². The number of aliphatic hydroxyl groups is 2. The van der Waals surface area contributed by atoms with Crippen LogP contribution < -0.4 is 5.32 Å². The van der Waals surface area contributed by atoms with Crippen LogP contribution in [0.2, 0.25) is 0 Å². The van der Waals surface area contributed by atoms with Gasteiger partial charge in [0.25, 0.3) is 0 Å². The first-order valence-electron chi connectivity index (χ1n) is 23.4.